The molecule has 2 N–H and O–H groups in total. The van der Waals surface area contributed by atoms with Gasteiger partial charge in [0, 0.05) is 5.56 Å². The topological polar surface area (TPSA) is 111 Å². The summed E-state index contributed by atoms with van der Waals surface area (Å²) in [4.78, 5) is 47.9. The quantitative estimate of drug-likeness (QED) is 0.644. The molecule has 0 radical (unpaired) electrons. The molecule has 0 spiro atoms. The predicted octanol–water partition coefficient (Wildman–Crippen LogP) is 2.39. The fourth-order valence-electron chi connectivity index (χ4n) is 2.50. The van der Waals surface area contributed by atoms with Crippen LogP contribution in [0, 0.1) is 13.8 Å². The van der Waals surface area contributed by atoms with E-state index in [0.29, 0.717) is 5.56 Å². The molecule has 2 aromatic carbocycles. The summed E-state index contributed by atoms with van der Waals surface area (Å²) < 4.78 is 9.81. The number of esters is 2. The van der Waals surface area contributed by atoms with Crippen LogP contribution in [0.25, 0.3) is 0 Å². The molecule has 30 heavy (non-hydrogen) atoms. The fraction of sp³-hybridized carbons (Fsp3) is 0.273. The summed E-state index contributed by atoms with van der Waals surface area (Å²) in [5, 5.41) is 4.95. The van der Waals surface area contributed by atoms with Crippen LogP contribution in [0.1, 0.15) is 38.8 Å². The molecule has 0 unspecified atom stereocenters. The van der Waals surface area contributed by atoms with E-state index in [2.05, 4.69) is 10.6 Å². The van der Waals surface area contributed by atoms with Crippen LogP contribution in [0.15, 0.2) is 42.5 Å². The van der Waals surface area contributed by atoms with E-state index in [9.17, 15) is 19.2 Å². The van der Waals surface area contributed by atoms with Gasteiger partial charge in [0.1, 0.15) is 6.54 Å². The van der Waals surface area contributed by atoms with Gasteiger partial charge >= 0.3 is 11.9 Å². The highest BCUT2D eigenvalue weighted by molar-refractivity contribution is 6.02. The molecule has 0 fully saturated rings. The average Bonchev–Trinajstić information content (AvgIpc) is 2.73. The maximum Gasteiger partial charge on any atom is 0.340 e. The molecule has 0 atom stereocenters. The minimum absolute atomic E-state index is 0.194. The van der Waals surface area contributed by atoms with Crippen molar-refractivity contribution in [2.45, 2.75) is 20.8 Å². The monoisotopic (exact) mass is 412 g/mol. The molecule has 2 amide bonds. The molecule has 0 aliphatic carbocycles. The van der Waals surface area contributed by atoms with Crippen molar-refractivity contribution in [2.24, 2.45) is 0 Å². The molecule has 8 heteroatoms. The van der Waals surface area contributed by atoms with Crippen LogP contribution in [-0.4, -0.2) is 43.5 Å². The molecule has 2 rings (SSSR count). The molecular weight excluding hydrogens is 388 g/mol. The van der Waals surface area contributed by atoms with Gasteiger partial charge in [-0.3, -0.25) is 14.4 Å². The van der Waals surface area contributed by atoms with Crippen LogP contribution in [0.3, 0.4) is 0 Å². The van der Waals surface area contributed by atoms with Gasteiger partial charge in [-0.2, -0.15) is 0 Å². The van der Waals surface area contributed by atoms with Crippen LogP contribution < -0.4 is 10.6 Å². The highest BCUT2D eigenvalue weighted by Gasteiger charge is 2.15. The zero-order valence-electron chi connectivity index (χ0n) is 17.1. The lowest BCUT2D eigenvalue weighted by Crippen LogP contribution is -2.32. The predicted molar refractivity (Wildman–Crippen MR) is 110 cm³/mol. The van der Waals surface area contributed by atoms with Crippen LogP contribution in [0.5, 0.6) is 0 Å². The molecule has 2 aromatic rings. The van der Waals surface area contributed by atoms with Gasteiger partial charge in [0.05, 0.1) is 17.9 Å². The highest BCUT2D eigenvalue weighted by atomic mass is 16.5. The number of para-hydroxylation sites is 1. The minimum Gasteiger partial charge on any atom is -0.462 e. The normalized spacial score (nSPS) is 10.1. The van der Waals surface area contributed by atoms with Crippen molar-refractivity contribution in [2.75, 3.05) is 25.1 Å². The van der Waals surface area contributed by atoms with Crippen LogP contribution in [0.2, 0.25) is 0 Å². The third-order valence-electron chi connectivity index (χ3n) is 4.22. The molecule has 0 bridgehead atoms. The van der Waals surface area contributed by atoms with Gasteiger partial charge in [-0.15, -0.1) is 0 Å². The fourth-order valence-corrected chi connectivity index (χ4v) is 2.50. The van der Waals surface area contributed by atoms with E-state index in [1.54, 1.807) is 31.2 Å². The first-order valence-electron chi connectivity index (χ1n) is 9.39. The van der Waals surface area contributed by atoms with Crippen molar-refractivity contribution in [3.8, 4) is 0 Å². The first-order chi connectivity index (χ1) is 14.3. The third-order valence-corrected chi connectivity index (χ3v) is 4.22. The summed E-state index contributed by atoms with van der Waals surface area (Å²) >= 11 is 0. The van der Waals surface area contributed by atoms with E-state index in [4.69, 9.17) is 9.47 Å². The molecule has 0 heterocycles. The molecule has 8 nitrogen and oxygen atoms in total. The second-order valence-electron chi connectivity index (χ2n) is 6.46. The van der Waals surface area contributed by atoms with E-state index in [1.165, 1.54) is 12.1 Å². The number of nitrogens with one attached hydrogen (secondary N) is 2. The van der Waals surface area contributed by atoms with E-state index in [-0.39, 0.29) is 24.4 Å². The maximum atomic E-state index is 12.1. The van der Waals surface area contributed by atoms with Crippen molar-refractivity contribution >= 4 is 29.4 Å². The van der Waals surface area contributed by atoms with Crippen LogP contribution >= 0.6 is 0 Å². The summed E-state index contributed by atoms with van der Waals surface area (Å²) in [5.74, 6) is -2.37. The maximum absolute atomic E-state index is 12.1. The van der Waals surface area contributed by atoms with Crippen molar-refractivity contribution in [1.82, 2.24) is 5.32 Å². The average molecular weight is 412 g/mol. The Hall–Kier alpha value is -3.68. The Balaban J connectivity index is 1.82. The van der Waals surface area contributed by atoms with Crippen molar-refractivity contribution in [3.63, 3.8) is 0 Å². The lowest BCUT2D eigenvalue weighted by molar-refractivity contribution is -0.146. The molecule has 0 aromatic heterocycles. The zero-order valence-corrected chi connectivity index (χ0v) is 17.1. The number of amides is 2. The Morgan fingerprint density at radius 1 is 0.933 bits per heavy atom. The number of carbonyl (C=O) groups is 4. The number of carbonyl (C=O) groups excluding carboxylic acids is 4. The van der Waals surface area contributed by atoms with Gasteiger partial charge in [0.15, 0.2) is 6.61 Å². The number of rotatable bonds is 8. The summed E-state index contributed by atoms with van der Waals surface area (Å²) in [6.45, 7) is 4.77. The number of hydrogen-bond acceptors (Lipinski definition) is 6. The first kappa shape index (κ1) is 22.6. The second-order valence-corrected chi connectivity index (χ2v) is 6.46. The standard InChI is InChI=1S/C22H24N2O6/c1-4-29-22(28)17-7-5-6-8-18(17)24-19(25)13-30-20(26)12-23-21(27)16-10-9-14(2)15(3)11-16/h5-11H,4,12-13H2,1-3H3,(H,23,27)(H,24,25). The van der Waals surface area contributed by atoms with E-state index in [1.807, 2.05) is 19.9 Å². The lowest BCUT2D eigenvalue weighted by Gasteiger charge is -2.11. The molecule has 158 valence electrons. The van der Waals surface area contributed by atoms with E-state index in [0.717, 1.165) is 11.1 Å². The van der Waals surface area contributed by atoms with Gasteiger partial charge in [-0.1, -0.05) is 18.2 Å². The molecule has 0 aliphatic heterocycles. The lowest BCUT2D eigenvalue weighted by atomic mass is 10.1. The Labute approximate surface area is 174 Å². The Morgan fingerprint density at radius 2 is 1.67 bits per heavy atom. The highest BCUT2D eigenvalue weighted by Crippen LogP contribution is 2.16. The Morgan fingerprint density at radius 3 is 2.37 bits per heavy atom. The number of benzene rings is 2. The minimum atomic E-state index is -0.763. The largest absolute Gasteiger partial charge is 0.462 e. The number of hydrogen-bond donors (Lipinski definition) is 2. The van der Waals surface area contributed by atoms with Gasteiger partial charge < -0.3 is 20.1 Å². The zero-order chi connectivity index (χ0) is 22.1. The van der Waals surface area contributed by atoms with Gasteiger partial charge in [-0.25, -0.2) is 4.79 Å². The summed E-state index contributed by atoms with van der Waals surface area (Å²) in [7, 11) is 0. The van der Waals surface area contributed by atoms with E-state index >= 15 is 0 Å². The second kappa shape index (κ2) is 10.8. The SMILES string of the molecule is CCOC(=O)c1ccccc1NC(=O)COC(=O)CNC(=O)c1ccc(C)c(C)c1. The van der Waals surface area contributed by atoms with Crippen LogP contribution in [-0.2, 0) is 19.1 Å². The number of aryl methyl sites for hydroxylation is 2. The molecule has 0 aliphatic rings. The molecular formula is C22H24N2O6. The van der Waals surface area contributed by atoms with Gasteiger partial charge in [-0.05, 0) is 56.2 Å². The van der Waals surface area contributed by atoms with Gasteiger partial charge in [0.2, 0.25) is 0 Å². The smallest absolute Gasteiger partial charge is 0.340 e. The third kappa shape index (κ3) is 6.44. The molecule has 0 saturated carbocycles. The van der Waals surface area contributed by atoms with Crippen LogP contribution in [0.4, 0.5) is 5.69 Å². The summed E-state index contributed by atoms with van der Waals surface area (Å²) in [6, 6.07) is 11.5. The Bertz CT molecular complexity index is 954. The summed E-state index contributed by atoms with van der Waals surface area (Å²) in [5.41, 5.74) is 2.89. The number of ether oxygens (including phenoxy) is 2. The number of anilines is 1. The van der Waals surface area contributed by atoms with Crippen molar-refractivity contribution in [1.29, 1.82) is 0 Å². The van der Waals surface area contributed by atoms with Crippen molar-refractivity contribution < 1.29 is 28.7 Å². The summed E-state index contributed by atoms with van der Waals surface area (Å²) in [6.07, 6.45) is 0. The van der Waals surface area contributed by atoms with Crippen molar-refractivity contribution in [3.05, 3.63) is 64.7 Å². The van der Waals surface area contributed by atoms with E-state index < -0.39 is 30.4 Å². The first-order valence-corrected chi connectivity index (χ1v) is 9.39. The van der Waals surface area contributed by atoms with Gasteiger partial charge in [0.25, 0.3) is 11.8 Å². The molecule has 0 saturated heterocycles. The Kier molecular flexibility index (Phi) is 8.10.